The lowest BCUT2D eigenvalue weighted by Crippen LogP contribution is -2.45. The number of ether oxygens (including phenoxy) is 1. The number of benzene rings is 10. The fourth-order valence-electron chi connectivity index (χ4n) is 14.6. The number of hydrogen-bond acceptors (Lipinski definition) is 16. The first-order chi connectivity index (χ1) is 57.2. The summed E-state index contributed by atoms with van der Waals surface area (Å²) in [6, 6.07) is 49.9. The van der Waals surface area contributed by atoms with Crippen molar-refractivity contribution in [3.8, 4) is 28.0 Å². The first-order valence-electron chi connectivity index (χ1n) is 37.9. The Labute approximate surface area is 694 Å². The number of amides is 4. The van der Waals surface area contributed by atoms with Crippen LogP contribution in [0.2, 0.25) is 0 Å². The van der Waals surface area contributed by atoms with Gasteiger partial charge in [0.05, 0.1) is 27.4 Å². The molecule has 23 nitrogen and oxygen atoms in total. The number of fused-ring (bicyclic) bond motifs is 4. The quantitative estimate of drug-likeness (QED) is 0.0217. The van der Waals surface area contributed by atoms with Gasteiger partial charge < -0.3 is 14.7 Å². The number of carbonyl (C=O) groups excluding carboxylic acids is 5. The van der Waals surface area contributed by atoms with Crippen LogP contribution < -0.4 is 21.2 Å². The second-order valence-electron chi connectivity index (χ2n) is 30.7. The Hall–Kier alpha value is -11.4. The molecule has 0 aromatic heterocycles. The summed E-state index contributed by atoms with van der Waals surface area (Å²) in [6.07, 6.45) is -2.84. The molecule has 0 saturated carbocycles. The Balaban J connectivity index is 0.000000158. The molecule has 7 N–H and O–H groups in total. The lowest BCUT2D eigenvalue weighted by Gasteiger charge is -2.39. The average Bonchev–Trinajstić information content (AvgIpc) is 0.758. The number of aryl methyl sites for hydroxylation is 1. The maximum absolute atomic E-state index is 14.6. The number of alkyl halides is 3. The summed E-state index contributed by atoms with van der Waals surface area (Å²) in [7, 11) is -9.81. The number of nitrogens with zero attached hydrogens (tertiary/aromatic N) is 4. The van der Waals surface area contributed by atoms with Crippen LogP contribution >= 0.6 is 0 Å². The van der Waals surface area contributed by atoms with Crippen LogP contribution in [0.25, 0.3) is 22.3 Å². The minimum Gasteiger partial charge on any atom is -0.497 e. The van der Waals surface area contributed by atoms with Crippen molar-refractivity contribution in [3.05, 3.63) is 307 Å². The van der Waals surface area contributed by atoms with E-state index in [9.17, 15) is 80.0 Å². The Morgan fingerprint density at radius 2 is 0.893 bits per heavy atom. The third-order valence-electron chi connectivity index (χ3n) is 21.3. The Bertz CT molecular complexity index is 5920. The molecule has 0 saturated heterocycles. The van der Waals surface area contributed by atoms with Crippen LogP contribution in [0.3, 0.4) is 0 Å². The van der Waals surface area contributed by atoms with E-state index < -0.39 is 94.9 Å². The van der Waals surface area contributed by atoms with Gasteiger partial charge in [-0.2, -0.15) is 26.1 Å². The molecule has 0 radical (unpaired) electrons. The lowest BCUT2D eigenvalue weighted by atomic mass is 9.78. The van der Waals surface area contributed by atoms with Crippen LogP contribution in [-0.2, 0) is 92.4 Å². The number of carbonyl (C=O) groups is 5. The average molecular weight is 1730 g/mol. The van der Waals surface area contributed by atoms with Crippen LogP contribution in [0.15, 0.2) is 215 Å². The molecule has 10 aromatic rings. The molecule has 10 aromatic carbocycles. The summed E-state index contributed by atoms with van der Waals surface area (Å²) in [5.41, 5.74) is 12.0. The Kier molecular flexibility index (Phi) is 27.9. The molecule has 0 bridgehead atoms. The van der Waals surface area contributed by atoms with Crippen molar-refractivity contribution in [2.45, 2.75) is 118 Å². The van der Waals surface area contributed by atoms with Gasteiger partial charge in [0.2, 0.25) is 30.1 Å². The first-order valence-corrected chi connectivity index (χ1v) is 42.2. The van der Waals surface area contributed by atoms with Gasteiger partial charge in [-0.3, -0.25) is 39.6 Å². The first kappa shape index (κ1) is 90.4. The molecule has 0 atom stereocenters. The molecule has 4 aliphatic heterocycles. The topological polar surface area (TPSA) is 327 Å². The van der Waals surface area contributed by atoms with Crippen molar-refractivity contribution in [3.63, 3.8) is 0 Å². The van der Waals surface area contributed by atoms with Crippen molar-refractivity contribution in [1.29, 1.82) is 0 Å². The molecular weight excluding hydrogens is 1640 g/mol. The molecule has 14 rings (SSSR count). The van der Waals surface area contributed by atoms with Crippen molar-refractivity contribution in [2.75, 3.05) is 46.4 Å². The van der Waals surface area contributed by atoms with E-state index >= 15 is 0 Å². The molecule has 4 aliphatic rings. The molecule has 0 unspecified atom stereocenters. The van der Waals surface area contributed by atoms with Gasteiger partial charge in [-0.25, -0.2) is 59.3 Å². The van der Waals surface area contributed by atoms with Crippen molar-refractivity contribution >= 4 is 59.5 Å². The molecule has 33 heteroatoms. The highest BCUT2D eigenvalue weighted by atomic mass is 32.2. The van der Waals surface area contributed by atoms with E-state index in [-0.39, 0.29) is 130 Å². The van der Waals surface area contributed by atoms with Crippen LogP contribution in [0.5, 0.6) is 5.75 Å². The van der Waals surface area contributed by atoms with E-state index in [1.165, 1.54) is 76.7 Å². The van der Waals surface area contributed by atoms with Crippen molar-refractivity contribution < 1.29 is 105 Å². The summed E-state index contributed by atoms with van der Waals surface area (Å²) in [5.74, 6) is -4.80. The second kappa shape index (κ2) is 37.3. The number of methoxy groups -OCH3 is 1. The Morgan fingerprint density at radius 1 is 0.446 bits per heavy atom. The molecule has 0 aliphatic carbocycles. The monoisotopic (exact) mass is 1730 g/mol. The number of aliphatic hydroxyl groups excluding tert-OH is 1. The second-order valence-corrected chi connectivity index (χ2v) is 36.5. The maximum Gasteiger partial charge on any atom is 0.416 e. The smallest absolute Gasteiger partial charge is 0.416 e. The summed E-state index contributed by atoms with van der Waals surface area (Å²) in [5, 5.41) is 35.4. The lowest BCUT2D eigenvalue weighted by molar-refractivity contribution is -0.137. The summed E-state index contributed by atoms with van der Waals surface area (Å²) in [6.45, 7) is 10.5. The summed E-state index contributed by atoms with van der Waals surface area (Å²) >= 11 is 0. The third kappa shape index (κ3) is 20.8. The van der Waals surface area contributed by atoms with Crippen LogP contribution in [0.4, 0.5) is 30.7 Å². The van der Waals surface area contributed by atoms with Gasteiger partial charge in [-0.05, 0) is 226 Å². The zero-order chi connectivity index (χ0) is 87.8. The SMILES string of the molecule is CC(C)(C)c1ccc(S(=O)(=O)N2CCc3cc(C(=O)NO)cc(F)c3C2)cc1.CC1(C)CN(S(=O)(=O)c2cccc(-c3ccc(F)cc3)c2)Cc2ccc(C(=O)CO)cc21.COc1ccc(-c2ccc(S(=O)(=O)N3CCc4cc(C(=O)NO)cc(F)c4C3)cc2)cc1.O=C(NO)c1cc(F)c2c(c1)CCCN(C(=O)c1ccc(C(F)(F)F)cc1)CC2. The van der Waals surface area contributed by atoms with E-state index in [4.69, 9.17) is 25.5 Å². The normalized spacial score (nSPS) is 14.9. The fourth-order valence-corrected chi connectivity index (χ4v) is 19.0. The molecule has 4 amide bonds. The number of rotatable bonds is 15. The minimum atomic E-state index is -4.48. The number of aliphatic hydroxyl groups is 1. The number of sulfonamides is 3. The van der Waals surface area contributed by atoms with Crippen LogP contribution in [-0.4, -0.2) is 140 Å². The van der Waals surface area contributed by atoms with Gasteiger partial charge in [-0.1, -0.05) is 107 Å². The number of hydroxylamine groups is 3. The zero-order valence-electron chi connectivity index (χ0n) is 66.3. The number of halogens is 7. The van der Waals surface area contributed by atoms with Gasteiger partial charge >= 0.3 is 6.18 Å². The van der Waals surface area contributed by atoms with Gasteiger partial charge in [0, 0.05) is 96.7 Å². The highest BCUT2D eigenvalue weighted by molar-refractivity contribution is 7.89. The summed E-state index contributed by atoms with van der Waals surface area (Å²) in [4.78, 5) is 61.2. The Morgan fingerprint density at radius 3 is 1.37 bits per heavy atom. The van der Waals surface area contributed by atoms with Gasteiger partial charge in [0.25, 0.3) is 23.6 Å². The van der Waals surface area contributed by atoms with E-state index in [0.29, 0.717) is 52.8 Å². The molecule has 121 heavy (non-hydrogen) atoms. The van der Waals surface area contributed by atoms with Gasteiger partial charge in [0.1, 0.15) is 35.6 Å². The van der Waals surface area contributed by atoms with Crippen LogP contribution in [0, 0.1) is 23.3 Å². The highest BCUT2D eigenvalue weighted by Gasteiger charge is 2.40. The van der Waals surface area contributed by atoms with Gasteiger partial charge in [0.15, 0.2) is 5.78 Å². The van der Waals surface area contributed by atoms with Crippen LogP contribution in [0.1, 0.15) is 148 Å². The number of ketones is 1. The molecule has 0 fully saturated rings. The summed E-state index contributed by atoms with van der Waals surface area (Å²) < 4.78 is 183. The number of Topliss-reactive ketones (excluding diaryl/α,β-unsaturated/α-hetero) is 1. The number of nitrogens with one attached hydrogen (secondary N) is 3. The van der Waals surface area contributed by atoms with E-state index in [2.05, 4.69) is 0 Å². The molecule has 4 heterocycles. The zero-order valence-corrected chi connectivity index (χ0v) is 68.7. The van der Waals surface area contributed by atoms with Crippen molar-refractivity contribution in [1.82, 2.24) is 34.3 Å². The third-order valence-corrected chi connectivity index (χ3v) is 26.8. The highest BCUT2D eigenvalue weighted by Crippen LogP contribution is 2.39. The fraction of sp³-hybridized carbons (Fsp3) is 0.261. The molecular formula is C88H86F7N7O16S3. The maximum atomic E-state index is 14.6. The van der Waals surface area contributed by atoms with E-state index in [0.717, 1.165) is 81.6 Å². The predicted molar refractivity (Wildman–Crippen MR) is 433 cm³/mol. The number of hydrogen-bond donors (Lipinski definition) is 7. The standard InChI is InChI=1S/C25H24FNO4S.C23H21FN2O5S.C20H18F4N2O3.C20H23FN2O4S/c1-25(2)16-27(14-20-7-6-19(13-23(20)25)24(29)15-28)32(30,31)22-5-3-4-18(12-22)17-8-10-21(26)11-9-17;1-31-19-6-2-15(3-7-19)16-4-8-20(9-5-16)32(29,30)26-11-10-17-12-18(23(27)25-28)13-22(24)21(17)14-26;21-17-11-14(18(27)25-29)10-13-2-1-8-26(9-7-16(13)17)19(28)12-3-5-15(6-4-12)20(22,23)24;1-20(2,3)15-4-6-16(7-5-15)28(26,27)23-9-8-13-10-14(19(24)22-25)11-18(21)17(13)12-23/h3-13,28H,14-16H2,1-2H3;2-9,12-13,28H,10-11,14H2,1H3,(H,25,27);3-6,10-11,29H,1-2,7-9H2,(H,25,27);4-7,10-11,25H,8-9,12H2,1-3H3,(H,22,24). The largest absolute Gasteiger partial charge is 0.497 e. The molecule has 0 spiro atoms. The van der Waals surface area contributed by atoms with E-state index in [1.807, 2.05) is 58.9 Å². The van der Waals surface area contributed by atoms with E-state index in [1.54, 1.807) is 98.1 Å². The predicted octanol–water partition coefficient (Wildman–Crippen LogP) is 14.1. The van der Waals surface area contributed by atoms with Gasteiger partial charge in [-0.15, -0.1) is 0 Å². The van der Waals surface area contributed by atoms with Crippen molar-refractivity contribution in [2.24, 2.45) is 0 Å². The minimum absolute atomic E-state index is 0.00186. The molecule has 636 valence electrons.